The van der Waals surface area contributed by atoms with Crippen molar-refractivity contribution in [3.63, 3.8) is 0 Å². The lowest BCUT2D eigenvalue weighted by Crippen LogP contribution is -2.57. The molecule has 9 amide bonds. The fourth-order valence-electron chi connectivity index (χ4n) is 7.95. The number of carbonyl (C=O) groups is 9. The Morgan fingerprint density at radius 2 is 1.42 bits per heavy atom. The number of hydrogen-bond donors (Lipinski definition) is 18. The number of hydrogen-bond acceptors (Lipinski definition) is 19. The molecule has 1 aliphatic rings. The van der Waals surface area contributed by atoms with Gasteiger partial charge in [-0.3, -0.25) is 48.1 Å². The van der Waals surface area contributed by atoms with Crippen LogP contribution in [0.5, 0.6) is 0 Å². The number of aliphatic imine (C=N–C) groups is 2. The van der Waals surface area contributed by atoms with Crippen LogP contribution in [0, 0.1) is 0 Å². The predicted octanol–water partition coefficient (Wildman–Crippen LogP) is -7.49. The number of guanidine groups is 1. The van der Waals surface area contributed by atoms with Gasteiger partial charge in [0.05, 0.1) is 31.5 Å². The summed E-state index contributed by atoms with van der Waals surface area (Å²) in [6.07, 6.45) is 4.73. The van der Waals surface area contributed by atoms with Crippen LogP contribution in [0.4, 0.5) is 0 Å². The lowest BCUT2D eigenvalue weighted by atomic mass is 10.1. The molecule has 0 bridgehead atoms. The van der Waals surface area contributed by atoms with Gasteiger partial charge >= 0.3 is 0 Å². The molecule has 444 valence electrons. The first-order valence-electron chi connectivity index (χ1n) is 26.6. The summed E-state index contributed by atoms with van der Waals surface area (Å²) in [7, 11) is 0. The number of aliphatic hydroxyl groups is 2. The number of nitrogens with two attached hydrogens (primary N) is 8. The molecule has 1 aromatic heterocycles. The molecule has 31 nitrogen and oxygen atoms in total. The predicted molar refractivity (Wildman–Crippen MR) is 292 cm³/mol. The molecule has 2 rings (SSSR count). The van der Waals surface area contributed by atoms with Crippen LogP contribution in [-0.4, -0.2) is 198 Å². The molecule has 31 heteroatoms. The summed E-state index contributed by atoms with van der Waals surface area (Å²) in [6.45, 7) is 0.0304. The number of amides is 9. The van der Waals surface area contributed by atoms with Crippen LogP contribution in [0.2, 0.25) is 0 Å². The molecular formula is C48H86N20O11. The number of aromatic nitrogens is 2. The van der Waals surface area contributed by atoms with Crippen molar-refractivity contribution in [1.82, 2.24) is 52.1 Å². The van der Waals surface area contributed by atoms with E-state index in [1.807, 2.05) is 0 Å². The van der Waals surface area contributed by atoms with E-state index in [-0.39, 0.29) is 95.0 Å². The monoisotopic (exact) mass is 1120 g/mol. The van der Waals surface area contributed by atoms with Crippen LogP contribution in [0.1, 0.15) is 95.6 Å². The first-order valence-corrected chi connectivity index (χ1v) is 26.6. The number of likely N-dealkylation sites (tertiary alicyclic amines) is 1. The van der Waals surface area contributed by atoms with Crippen molar-refractivity contribution < 1.29 is 53.4 Å². The van der Waals surface area contributed by atoms with Gasteiger partial charge in [0.1, 0.15) is 41.6 Å². The van der Waals surface area contributed by atoms with E-state index in [9.17, 15) is 53.4 Å². The van der Waals surface area contributed by atoms with Gasteiger partial charge in [-0.25, -0.2) is 9.98 Å². The van der Waals surface area contributed by atoms with Crippen LogP contribution in [0.15, 0.2) is 34.3 Å². The zero-order valence-corrected chi connectivity index (χ0v) is 44.9. The molecule has 0 radical (unpaired) electrons. The minimum Gasteiger partial charge on any atom is -0.391 e. The number of rotatable bonds is 39. The van der Waals surface area contributed by atoms with Crippen LogP contribution in [-0.2, 0) is 49.6 Å². The number of unbranched alkanes of at least 4 members (excludes halogenated alkanes) is 3. The standard InChI is InChI=1S/C48H86N20O11/c49-15-3-1-10-31(41(73)58-19-6-5-17-51)63-43(75)33(13-8-20-59-48(55)56)64-42(74)32(11-2-4-16-50)65-44(76)35(22-29-26-57-28-61-29)66-45(77)36-14-9-21-68(36)47(79)34(12-7-18-52)62-39(72)27-60-46(78)40(37(70)25-54)67-38(71)23-30(69)24-53/h13,26,28,30-32,35-37,40,69-70H,1-12,14-25,27,49-54H2,(H,57,61)(H,58,73)(H,60,78)(H,63,75)(H,64,74)(H,65,76)(H,66,77)(H,67,71)(H4,55,56,59)/b33-13-,62-34?/t30-,31+,32+,35+,36+,37-,40-/m1/s1. The Balaban J connectivity index is 2.42. The molecule has 0 spiro atoms. The van der Waals surface area contributed by atoms with Crippen molar-refractivity contribution in [3.8, 4) is 0 Å². The van der Waals surface area contributed by atoms with Gasteiger partial charge in [-0.05, 0) is 110 Å². The van der Waals surface area contributed by atoms with Crippen molar-refractivity contribution in [2.75, 3.05) is 65.4 Å². The highest BCUT2D eigenvalue weighted by Gasteiger charge is 2.39. The molecule has 1 aliphatic heterocycles. The third-order valence-electron chi connectivity index (χ3n) is 12.2. The molecule has 1 saturated heterocycles. The second-order valence-corrected chi connectivity index (χ2v) is 18.6. The fraction of sp³-hybridized carbons (Fsp3) is 0.667. The Hall–Kier alpha value is -7.00. The lowest BCUT2D eigenvalue weighted by Gasteiger charge is -2.28. The van der Waals surface area contributed by atoms with Crippen molar-refractivity contribution in [2.45, 2.75) is 139 Å². The highest BCUT2D eigenvalue weighted by atomic mass is 16.3. The van der Waals surface area contributed by atoms with Gasteiger partial charge in [0.25, 0.3) is 17.7 Å². The Kier molecular flexibility index (Phi) is 33.2. The molecule has 1 fully saturated rings. The van der Waals surface area contributed by atoms with Crippen LogP contribution < -0.4 is 83.1 Å². The van der Waals surface area contributed by atoms with E-state index in [4.69, 9.17) is 45.9 Å². The van der Waals surface area contributed by atoms with Crippen LogP contribution >= 0.6 is 0 Å². The van der Waals surface area contributed by atoms with Gasteiger partial charge in [-0.2, -0.15) is 0 Å². The third-order valence-corrected chi connectivity index (χ3v) is 12.2. The SMILES string of the molecule is NCCCCNC(=O)[C@H](CCCCN)NC(=O)/C(=C/CCN=C(N)N)NC(=O)[C@H](CCCCN)NC(=O)[C@H](Cc1cnc[nH]1)NC(=O)[C@@H]1CCCN1C(=O)C(CCCN)=NC(=O)CNC(=O)[C@H](NC(=O)C[C@@H](O)CN)[C@H](O)CN. The second kappa shape index (κ2) is 38.5. The summed E-state index contributed by atoms with van der Waals surface area (Å²) in [5, 5.41) is 38.1. The Bertz CT molecular complexity index is 2190. The molecule has 1 aromatic rings. The van der Waals surface area contributed by atoms with Crippen molar-refractivity contribution in [3.05, 3.63) is 30.0 Å². The highest BCUT2D eigenvalue weighted by Crippen LogP contribution is 2.20. The van der Waals surface area contributed by atoms with Crippen LogP contribution in [0.25, 0.3) is 0 Å². The summed E-state index contributed by atoms with van der Waals surface area (Å²) in [5.74, 6) is -7.53. The average molecular weight is 1120 g/mol. The molecular weight excluding hydrogens is 1030 g/mol. The zero-order chi connectivity index (χ0) is 58.7. The van der Waals surface area contributed by atoms with E-state index < -0.39 is 115 Å². The number of aliphatic hydroxyl groups excluding tert-OH is 2. The quantitative estimate of drug-likeness (QED) is 0.0126. The summed E-state index contributed by atoms with van der Waals surface area (Å²) >= 11 is 0. The van der Waals surface area contributed by atoms with Gasteiger partial charge in [0.2, 0.25) is 35.4 Å². The van der Waals surface area contributed by atoms with E-state index in [0.717, 1.165) is 0 Å². The van der Waals surface area contributed by atoms with Gasteiger partial charge < -0.3 is 103 Å². The highest BCUT2D eigenvalue weighted by molar-refractivity contribution is 6.40. The molecule has 2 heterocycles. The number of nitrogens with one attached hydrogen (secondary N) is 8. The van der Waals surface area contributed by atoms with Gasteiger partial charge in [-0.1, -0.05) is 6.08 Å². The molecule has 79 heavy (non-hydrogen) atoms. The number of imidazole rings is 1. The van der Waals surface area contributed by atoms with Gasteiger partial charge in [-0.15, -0.1) is 0 Å². The van der Waals surface area contributed by atoms with E-state index >= 15 is 0 Å². The first kappa shape index (κ1) is 68.1. The Morgan fingerprint density at radius 1 is 0.759 bits per heavy atom. The summed E-state index contributed by atoms with van der Waals surface area (Å²) in [4.78, 5) is 139. The Morgan fingerprint density at radius 3 is 2.03 bits per heavy atom. The molecule has 0 aliphatic carbocycles. The molecule has 0 saturated carbocycles. The van der Waals surface area contributed by atoms with E-state index in [1.165, 1.54) is 23.5 Å². The van der Waals surface area contributed by atoms with Crippen molar-refractivity contribution in [1.29, 1.82) is 0 Å². The number of aromatic amines is 1. The summed E-state index contributed by atoms with van der Waals surface area (Å²) < 4.78 is 0. The summed E-state index contributed by atoms with van der Waals surface area (Å²) in [5.41, 5.74) is 44.6. The molecule has 7 atom stereocenters. The number of nitrogens with zero attached hydrogens (tertiary/aromatic N) is 4. The minimum absolute atomic E-state index is 0.0283. The normalized spacial score (nSPS) is 15.8. The summed E-state index contributed by atoms with van der Waals surface area (Å²) in [6, 6.07) is -6.53. The fourth-order valence-corrected chi connectivity index (χ4v) is 7.95. The van der Waals surface area contributed by atoms with Crippen molar-refractivity contribution >= 4 is 64.8 Å². The average Bonchev–Trinajstić information content (AvgIpc) is 4.16. The number of carbonyl (C=O) groups excluding carboxylic acids is 9. The maximum atomic E-state index is 14.4. The number of H-pyrrole nitrogens is 1. The largest absolute Gasteiger partial charge is 0.391 e. The lowest BCUT2D eigenvalue weighted by molar-refractivity contribution is -0.136. The van der Waals surface area contributed by atoms with Gasteiger partial charge in [0, 0.05) is 51.0 Å². The van der Waals surface area contributed by atoms with Crippen LogP contribution in [0.3, 0.4) is 0 Å². The molecule has 26 N–H and O–H groups in total. The van der Waals surface area contributed by atoms with E-state index in [2.05, 4.69) is 57.2 Å². The first-order chi connectivity index (χ1) is 37.8. The zero-order valence-electron chi connectivity index (χ0n) is 44.9. The van der Waals surface area contributed by atoms with E-state index in [1.54, 1.807) is 0 Å². The smallest absolute Gasteiger partial charge is 0.269 e. The van der Waals surface area contributed by atoms with Gasteiger partial charge in [0.15, 0.2) is 5.96 Å². The maximum Gasteiger partial charge on any atom is 0.269 e. The maximum absolute atomic E-state index is 14.4. The third kappa shape index (κ3) is 26.0. The van der Waals surface area contributed by atoms with E-state index in [0.29, 0.717) is 70.3 Å². The van der Waals surface area contributed by atoms with Crippen molar-refractivity contribution in [2.24, 2.45) is 55.9 Å². The second-order valence-electron chi connectivity index (χ2n) is 18.6. The minimum atomic E-state index is -1.63. The Labute approximate surface area is 459 Å². The molecule has 0 aromatic carbocycles. The topological polar surface area (TPSA) is 543 Å². The molecule has 0 unspecified atom stereocenters.